The molecule has 1 saturated heterocycles. The van der Waals surface area contributed by atoms with Crippen LogP contribution in [0.3, 0.4) is 0 Å². The first kappa shape index (κ1) is 12.1. The zero-order valence-electron chi connectivity index (χ0n) is 10.5. The summed E-state index contributed by atoms with van der Waals surface area (Å²) >= 11 is 0. The van der Waals surface area contributed by atoms with Crippen molar-refractivity contribution >= 4 is 11.6 Å². The Morgan fingerprint density at radius 1 is 1.53 bits per heavy atom. The van der Waals surface area contributed by atoms with E-state index in [1.165, 1.54) is 11.1 Å². The number of carbonyl (C=O) groups is 1. The molecule has 2 N–H and O–H groups in total. The second-order valence-electron chi connectivity index (χ2n) is 4.63. The van der Waals surface area contributed by atoms with Gasteiger partial charge in [-0.25, -0.2) is 0 Å². The van der Waals surface area contributed by atoms with Gasteiger partial charge < -0.3 is 10.6 Å². The Labute approximate surface area is 103 Å². The number of carbonyl (C=O) groups excluding carboxylic acids is 1. The van der Waals surface area contributed by atoms with Gasteiger partial charge in [0, 0.05) is 5.69 Å². The summed E-state index contributed by atoms with van der Waals surface area (Å²) < 4.78 is 0. The highest BCUT2D eigenvalue weighted by Gasteiger charge is 2.21. The molecular weight excluding hydrogens is 212 g/mol. The molecule has 1 aliphatic rings. The Morgan fingerprint density at radius 3 is 2.94 bits per heavy atom. The van der Waals surface area contributed by atoms with Crippen molar-refractivity contribution in [3.05, 3.63) is 29.3 Å². The molecule has 1 aromatic carbocycles. The van der Waals surface area contributed by atoms with E-state index in [1.807, 2.05) is 12.1 Å². The van der Waals surface area contributed by atoms with Crippen molar-refractivity contribution in [2.45, 2.75) is 39.2 Å². The first-order valence-corrected chi connectivity index (χ1v) is 6.34. The van der Waals surface area contributed by atoms with E-state index in [-0.39, 0.29) is 11.9 Å². The number of amides is 1. The summed E-state index contributed by atoms with van der Waals surface area (Å²) in [5.74, 6) is 0.0890. The lowest BCUT2D eigenvalue weighted by atomic mass is 10.1. The molecule has 0 spiro atoms. The van der Waals surface area contributed by atoms with E-state index < -0.39 is 0 Å². The van der Waals surface area contributed by atoms with Crippen LogP contribution in [0.4, 0.5) is 5.69 Å². The first-order chi connectivity index (χ1) is 8.20. The molecule has 0 aromatic heterocycles. The third-order valence-corrected chi connectivity index (χ3v) is 3.37. The summed E-state index contributed by atoms with van der Waals surface area (Å²) in [4.78, 5) is 11.9. The van der Waals surface area contributed by atoms with Crippen LogP contribution in [0.1, 0.15) is 30.9 Å². The minimum absolute atomic E-state index is 0.0128. The molecule has 2 rings (SSSR count). The lowest BCUT2D eigenvalue weighted by molar-refractivity contribution is -0.117. The first-order valence-electron chi connectivity index (χ1n) is 6.34. The molecule has 92 valence electrons. The normalized spacial score (nSPS) is 19.3. The van der Waals surface area contributed by atoms with Gasteiger partial charge in [0.05, 0.1) is 6.04 Å². The lowest BCUT2D eigenvalue weighted by Gasteiger charge is -2.12. The summed E-state index contributed by atoms with van der Waals surface area (Å²) in [7, 11) is 0. The second-order valence-corrected chi connectivity index (χ2v) is 4.63. The number of hydrogen-bond acceptors (Lipinski definition) is 2. The maximum absolute atomic E-state index is 11.9. The third-order valence-electron chi connectivity index (χ3n) is 3.37. The Kier molecular flexibility index (Phi) is 3.79. The lowest BCUT2D eigenvalue weighted by Crippen LogP contribution is -2.35. The van der Waals surface area contributed by atoms with Gasteiger partial charge in [-0.15, -0.1) is 0 Å². The fourth-order valence-electron chi connectivity index (χ4n) is 2.31. The molecule has 1 fully saturated rings. The third kappa shape index (κ3) is 2.86. The molecule has 0 bridgehead atoms. The molecule has 0 aliphatic carbocycles. The molecule has 0 saturated carbocycles. The molecule has 17 heavy (non-hydrogen) atoms. The van der Waals surface area contributed by atoms with Crippen LogP contribution in [0.15, 0.2) is 18.2 Å². The molecule has 1 aromatic rings. The highest BCUT2D eigenvalue weighted by Crippen LogP contribution is 2.16. The average molecular weight is 232 g/mol. The molecule has 1 atom stereocenters. The van der Waals surface area contributed by atoms with Gasteiger partial charge in [0.25, 0.3) is 0 Å². The average Bonchev–Trinajstić information content (AvgIpc) is 2.82. The van der Waals surface area contributed by atoms with Crippen molar-refractivity contribution in [3.63, 3.8) is 0 Å². The van der Waals surface area contributed by atoms with Crippen LogP contribution in [-0.2, 0) is 11.2 Å². The van der Waals surface area contributed by atoms with E-state index >= 15 is 0 Å². The number of aryl methyl sites for hydroxylation is 2. The van der Waals surface area contributed by atoms with E-state index in [1.54, 1.807) is 0 Å². The van der Waals surface area contributed by atoms with Crippen LogP contribution in [0.2, 0.25) is 0 Å². The minimum Gasteiger partial charge on any atom is -0.325 e. The number of rotatable bonds is 3. The Bertz CT molecular complexity index is 409. The zero-order chi connectivity index (χ0) is 12.3. The largest absolute Gasteiger partial charge is 0.325 e. The van der Waals surface area contributed by atoms with Crippen molar-refractivity contribution in [3.8, 4) is 0 Å². The molecule has 0 unspecified atom stereocenters. The highest BCUT2D eigenvalue weighted by atomic mass is 16.2. The van der Waals surface area contributed by atoms with Gasteiger partial charge >= 0.3 is 0 Å². The molecule has 3 heteroatoms. The van der Waals surface area contributed by atoms with Crippen molar-refractivity contribution in [1.29, 1.82) is 0 Å². The van der Waals surface area contributed by atoms with E-state index in [0.29, 0.717) is 0 Å². The van der Waals surface area contributed by atoms with E-state index in [2.05, 4.69) is 30.5 Å². The second kappa shape index (κ2) is 5.32. The van der Waals surface area contributed by atoms with Crippen LogP contribution in [0.5, 0.6) is 0 Å². The number of anilines is 1. The van der Waals surface area contributed by atoms with Crippen LogP contribution in [0.25, 0.3) is 0 Å². The summed E-state index contributed by atoms with van der Waals surface area (Å²) in [6, 6.07) is 6.11. The molecule has 1 amide bonds. The van der Waals surface area contributed by atoms with Crippen LogP contribution in [0, 0.1) is 6.92 Å². The Hall–Kier alpha value is -1.35. The minimum atomic E-state index is -0.0128. The molecular formula is C14H20N2O. The van der Waals surface area contributed by atoms with Crippen molar-refractivity contribution in [2.75, 3.05) is 11.9 Å². The van der Waals surface area contributed by atoms with Gasteiger partial charge in [0.1, 0.15) is 0 Å². The zero-order valence-corrected chi connectivity index (χ0v) is 10.5. The van der Waals surface area contributed by atoms with E-state index in [4.69, 9.17) is 0 Å². The standard InChI is InChI=1S/C14H20N2O/c1-3-11-6-7-12(9-10(11)2)16-14(17)13-5-4-8-15-13/h6-7,9,13,15H,3-5,8H2,1-2H3,(H,16,17)/t13-/m0/s1. The highest BCUT2D eigenvalue weighted by molar-refractivity contribution is 5.95. The van der Waals surface area contributed by atoms with Crippen molar-refractivity contribution in [2.24, 2.45) is 0 Å². The predicted molar refractivity (Wildman–Crippen MR) is 70.2 cm³/mol. The van der Waals surface area contributed by atoms with Gasteiger partial charge in [0.2, 0.25) is 5.91 Å². The molecule has 3 nitrogen and oxygen atoms in total. The predicted octanol–water partition coefficient (Wildman–Crippen LogP) is 2.25. The fourth-order valence-corrected chi connectivity index (χ4v) is 2.31. The summed E-state index contributed by atoms with van der Waals surface area (Å²) in [6.07, 6.45) is 3.06. The quantitative estimate of drug-likeness (QED) is 0.839. The molecule has 1 heterocycles. The van der Waals surface area contributed by atoms with Gasteiger partial charge in [-0.3, -0.25) is 4.79 Å². The van der Waals surface area contributed by atoms with Gasteiger partial charge in [0.15, 0.2) is 0 Å². The van der Waals surface area contributed by atoms with Gasteiger partial charge in [-0.05, 0) is 56.0 Å². The van der Waals surface area contributed by atoms with Gasteiger partial charge in [-0.2, -0.15) is 0 Å². The van der Waals surface area contributed by atoms with Crippen molar-refractivity contribution < 1.29 is 4.79 Å². The van der Waals surface area contributed by atoms with Crippen LogP contribution >= 0.6 is 0 Å². The maximum Gasteiger partial charge on any atom is 0.241 e. The van der Waals surface area contributed by atoms with E-state index in [0.717, 1.165) is 31.5 Å². The number of nitrogens with one attached hydrogen (secondary N) is 2. The number of hydrogen-bond donors (Lipinski definition) is 2. The fraction of sp³-hybridized carbons (Fsp3) is 0.500. The number of benzene rings is 1. The van der Waals surface area contributed by atoms with Crippen molar-refractivity contribution in [1.82, 2.24) is 5.32 Å². The van der Waals surface area contributed by atoms with Crippen LogP contribution < -0.4 is 10.6 Å². The smallest absolute Gasteiger partial charge is 0.241 e. The monoisotopic (exact) mass is 232 g/mol. The Morgan fingerprint density at radius 2 is 2.35 bits per heavy atom. The topological polar surface area (TPSA) is 41.1 Å². The summed E-state index contributed by atoms with van der Waals surface area (Å²) in [5.41, 5.74) is 3.48. The SMILES string of the molecule is CCc1ccc(NC(=O)[C@@H]2CCCN2)cc1C. The maximum atomic E-state index is 11.9. The Balaban J connectivity index is 2.03. The summed E-state index contributed by atoms with van der Waals surface area (Å²) in [6.45, 7) is 5.18. The van der Waals surface area contributed by atoms with Crippen LogP contribution in [-0.4, -0.2) is 18.5 Å². The van der Waals surface area contributed by atoms with Gasteiger partial charge in [-0.1, -0.05) is 13.0 Å². The summed E-state index contributed by atoms with van der Waals surface area (Å²) in [5, 5.41) is 6.18. The molecule has 0 radical (unpaired) electrons. The van der Waals surface area contributed by atoms with E-state index in [9.17, 15) is 4.79 Å². The molecule has 1 aliphatic heterocycles.